The van der Waals surface area contributed by atoms with Crippen LogP contribution in [0.4, 0.5) is 0 Å². The van der Waals surface area contributed by atoms with Crippen LogP contribution in [-0.2, 0) is 24.0 Å². The van der Waals surface area contributed by atoms with Crippen molar-refractivity contribution in [3.05, 3.63) is 35.9 Å². The highest BCUT2D eigenvalue weighted by Gasteiger charge is 2.40. The van der Waals surface area contributed by atoms with Crippen molar-refractivity contribution in [2.24, 2.45) is 5.73 Å². The second kappa shape index (κ2) is 12.9. The molecule has 0 bridgehead atoms. The van der Waals surface area contributed by atoms with Gasteiger partial charge in [-0.3, -0.25) is 24.0 Å². The number of ketones is 1. The van der Waals surface area contributed by atoms with E-state index in [1.54, 1.807) is 30.3 Å². The monoisotopic (exact) mass is 483 g/mol. The lowest BCUT2D eigenvalue weighted by molar-refractivity contribution is -0.139. The van der Waals surface area contributed by atoms with E-state index in [1.807, 2.05) is 0 Å². The van der Waals surface area contributed by atoms with Crippen LogP contribution >= 0.6 is 11.8 Å². The van der Waals surface area contributed by atoms with Gasteiger partial charge in [-0.05, 0) is 25.8 Å². The minimum atomic E-state index is -1.37. The first-order chi connectivity index (χ1) is 15.4. The van der Waals surface area contributed by atoms with Crippen LogP contribution in [0, 0.1) is 0 Å². The van der Waals surface area contributed by atoms with E-state index >= 15 is 0 Å². The van der Waals surface area contributed by atoms with Gasteiger partial charge in [0.05, 0.1) is 0 Å². The average molecular weight is 484 g/mol. The molecule has 4 atom stereocenters. The zero-order valence-electron chi connectivity index (χ0n) is 18.3. The molecule has 1 aromatic rings. The van der Waals surface area contributed by atoms with E-state index < -0.39 is 53.2 Å². The summed E-state index contributed by atoms with van der Waals surface area (Å²) in [5.41, 5.74) is 5.87. The fraction of sp³-hybridized carbons (Fsp3) is 0.476. The molecule has 0 spiro atoms. The molecule has 0 aliphatic heterocycles. The third-order valence-electron chi connectivity index (χ3n) is 4.95. The molecule has 7 N–H and O–H groups in total. The maximum absolute atomic E-state index is 12.5. The third-order valence-corrected chi connectivity index (χ3v) is 6.56. The number of benzene rings is 1. The molecular weight excluding hydrogens is 454 g/mol. The van der Waals surface area contributed by atoms with E-state index in [2.05, 4.69) is 10.6 Å². The first-order valence-electron chi connectivity index (χ1n) is 10.0. The molecule has 182 valence electrons. The molecular formula is C21H29N3O8S. The number of aliphatic hydroxyl groups is 1. The number of nitrogens with two attached hydrogens (primary N) is 1. The molecule has 0 saturated carbocycles. The molecule has 0 aliphatic rings. The second-order valence-corrected chi connectivity index (χ2v) is 8.97. The number of Topliss-reactive ketones (excluding diaryl/α,β-unsaturated/α-hetero) is 1. The van der Waals surface area contributed by atoms with Gasteiger partial charge in [-0.2, -0.15) is 0 Å². The molecule has 0 fully saturated rings. The van der Waals surface area contributed by atoms with Gasteiger partial charge >= 0.3 is 11.9 Å². The molecule has 4 unspecified atom stereocenters. The lowest BCUT2D eigenvalue weighted by Crippen LogP contribution is -2.50. The number of carbonyl (C=O) groups excluding carboxylic acids is 3. The number of aliphatic hydroxyl groups excluding tert-OH is 1. The van der Waals surface area contributed by atoms with Crippen molar-refractivity contribution in [3.63, 3.8) is 0 Å². The van der Waals surface area contributed by atoms with E-state index in [0.717, 1.165) is 11.8 Å². The summed E-state index contributed by atoms with van der Waals surface area (Å²) in [7, 11) is 0. The fourth-order valence-electron chi connectivity index (χ4n) is 2.73. The van der Waals surface area contributed by atoms with Crippen LogP contribution in [0.2, 0.25) is 0 Å². The van der Waals surface area contributed by atoms with Crippen LogP contribution in [0.15, 0.2) is 30.3 Å². The van der Waals surface area contributed by atoms with Gasteiger partial charge in [-0.25, -0.2) is 0 Å². The van der Waals surface area contributed by atoms with Gasteiger partial charge in [-0.1, -0.05) is 30.3 Å². The summed E-state index contributed by atoms with van der Waals surface area (Å²) in [5, 5.41) is 33.0. The maximum atomic E-state index is 12.5. The first-order valence-corrected chi connectivity index (χ1v) is 11.0. The highest BCUT2D eigenvalue weighted by Crippen LogP contribution is 2.39. The van der Waals surface area contributed by atoms with Crippen molar-refractivity contribution in [1.29, 1.82) is 0 Å². The Morgan fingerprint density at radius 1 is 1.12 bits per heavy atom. The van der Waals surface area contributed by atoms with Gasteiger partial charge in [0.2, 0.25) is 11.8 Å². The van der Waals surface area contributed by atoms with Crippen molar-refractivity contribution in [2.45, 2.75) is 49.6 Å². The van der Waals surface area contributed by atoms with Crippen LogP contribution in [0.3, 0.4) is 0 Å². The summed E-state index contributed by atoms with van der Waals surface area (Å²) in [6.45, 7) is 2.12. The first kappa shape index (κ1) is 28.1. The number of thioether (sulfide) groups is 1. The van der Waals surface area contributed by atoms with Crippen LogP contribution in [0.1, 0.15) is 38.4 Å². The zero-order chi connectivity index (χ0) is 25.2. The maximum Gasteiger partial charge on any atom is 0.322 e. The topological polar surface area (TPSA) is 196 Å². The number of amides is 2. The Hall–Kier alpha value is -2.96. The summed E-state index contributed by atoms with van der Waals surface area (Å²) < 4.78 is -1.37. The molecule has 11 nitrogen and oxygen atoms in total. The molecule has 1 aromatic carbocycles. The summed E-state index contributed by atoms with van der Waals surface area (Å²) >= 11 is 0.936. The van der Waals surface area contributed by atoms with Crippen LogP contribution in [-0.4, -0.2) is 74.0 Å². The summed E-state index contributed by atoms with van der Waals surface area (Å²) in [4.78, 5) is 58.8. The number of aliphatic carboxylic acids is 2. The Bertz CT molecular complexity index is 866. The Kier molecular flexibility index (Phi) is 11.0. The summed E-state index contributed by atoms with van der Waals surface area (Å²) in [5.74, 6) is -4.57. The lowest BCUT2D eigenvalue weighted by Gasteiger charge is -2.33. The van der Waals surface area contributed by atoms with Crippen molar-refractivity contribution in [1.82, 2.24) is 10.6 Å². The Balaban J connectivity index is 2.98. The standard InChI is InChI=1S/C21H29N3O8S/c1-12(25)21(2,18(29)13-6-4-3-5-7-13)33-11-15(19(30)23-10-17(27)28)24-16(26)9-8-14(22)20(31)32/h3-7,14-15,18,29H,8-11,22H2,1-2H3,(H,23,30)(H,24,26)(H,27,28)(H,31,32). The van der Waals surface area contributed by atoms with Crippen molar-refractivity contribution < 1.29 is 39.3 Å². The predicted molar refractivity (Wildman–Crippen MR) is 120 cm³/mol. The molecule has 2 amide bonds. The van der Waals surface area contributed by atoms with Crippen molar-refractivity contribution in [3.8, 4) is 0 Å². The van der Waals surface area contributed by atoms with Gasteiger partial charge in [-0.15, -0.1) is 11.8 Å². The Labute approximate surface area is 195 Å². The van der Waals surface area contributed by atoms with Crippen molar-refractivity contribution in [2.75, 3.05) is 12.3 Å². The van der Waals surface area contributed by atoms with Crippen LogP contribution in [0.25, 0.3) is 0 Å². The van der Waals surface area contributed by atoms with Gasteiger partial charge in [0.1, 0.15) is 35.3 Å². The smallest absolute Gasteiger partial charge is 0.322 e. The van der Waals surface area contributed by atoms with E-state index in [1.165, 1.54) is 13.8 Å². The zero-order valence-corrected chi connectivity index (χ0v) is 19.1. The molecule has 0 saturated heterocycles. The van der Waals surface area contributed by atoms with Crippen LogP contribution in [0.5, 0.6) is 0 Å². The number of carboxylic acid groups (broad SMARTS) is 2. The summed E-state index contributed by atoms with van der Waals surface area (Å²) in [6.07, 6.45) is -1.67. The Morgan fingerprint density at radius 2 is 1.73 bits per heavy atom. The molecule has 33 heavy (non-hydrogen) atoms. The lowest BCUT2D eigenvalue weighted by atomic mass is 9.93. The second-order valence-electron chi connectivity index (χ2n) is 7.50. The largest absolute Gasteiger partial charge is 0.480 e. The highest BCUT2D eigenvalue weighted by atomic mass is 32.2. The van der Waals surface area contributed by atoms with Gasteiger partial charge in [0, 0.05) is 12.2 Å². The third kappa shape index (κ3) is 8.83. The number of carbonyl (C=O) groups is 5. The molecule has 0 aliphatic carbocycles. The molecule has 0 radical (unpaired) electrons. The minimum absolute atomic E-state index is 0.165. The SMILES string of the molecule is CC(=O)C(C)(SCC(NC(=O)CCC(N)C(=O)O)C(=O)NCC(=O)O)C(O)c1ccccc1. The molecule has 12 heteroatoms. The molecule has 0 heterocycles. The van der Waals surface area contributed by atoms with E-state index in [9.17, 15) is 29.1 Å². The molecule has 0 aromatic heterocycles. The van der Waals surface area contributed by atoms with E-state index in [0.29, 0.717) is 5.56 Å². The van der Waals surface area contributed by atoms with Crippen LogP contribution < -0.4 is 16.4 Å². The number of rotatable bonds is 14. The van der Waals surface area contributed by atoms with Gasteiger partial charge < -0.3 is 31.7 Å². The number of hydrogen-bond donors (Lipinski definition) is 6. The number of hydrogen-bond acceptors (Lipinski definition) is 8. The van der Waals surface area contributed by atoms with Gasteiger partial charge in [0.15, 0.2) is 0 Å². The number of nitrogens with one attached hydrogen (secondary N) is 2. The molecule has 1 rings (SSSR count). The highest BCUT2D eigenvalue weighted by molar-refractivity contribution is 8.01. The minimum Gasteiger partial charge on any atom is -0.480 e. The van der Waals surface area contributed by atoms with E-state index in [-0.39, 0.29) is 24.4 Å². The Morgan fingerprint density at radius 3 is 2.24 bits per heavy atom. The van der Waals surface area contributed by atoms with Gasteiger partial charge in [0.25, 0.3) is 0 Å². The number of carboxylic acids is 2. The fourth-order valence-corrected chi connectivity index (χ4v) is 3.97. The summed E-state index contributed by atoms with van der Waals surface area (Å²) in [6, 6.07) is 5.95. The average Bonchev–Trinajstić information content (AvgIpc) is 2.77. The normalized spacial score (nSPS) is 15.4. The van der Waals surface area contributed by atoms with E-state index in [4.69, 9.17) is 15.9 Å². The van der Waals surface area contributed by atoms with Crippen molar-refractivity contribution >= 4 is 41.3 Å². The quantitative estimate of drug-likeness (QED) is 0.204. The predicted octanol–water partition coefficient (Wildman–Crippen LogP) is -0.321.